The molecule has 0 spiro atoms. The van der Waals surface area contributed by atoms with Gasteiger partial charge in [0.15, 0.2) is 5.13 Å². The van der Waals surface area contributed by atoms with Crippen LogP contribution in [-0.4, -0.2) is 45.8 Å². The molecule has 36 heavy (non-hydrogen) atoms. The number of imide groups is 1. The standard InChI is InChI=1S/C26H28N4O5S/c1-16(10-18-4-6-21(34-3)7-5-18)35-22-11-19(13-23(31)29-26-27-14-17(2)36-26)28-20(12-22)15-30-24(32)8-9-25(30)33/h4-7,11-12,14,16H,8-10,13,15H2,1-3H3,(H,27,29,31)/t16-/m0/s1. The summed E-state index contributed by atoms with van der Waals surface area (Å²) >= 11 is 1.39. The molecule has 9 nitrogen and oxygen atoms in total. The zero-order chi connectivity index (χ0) is 25.7. The number of nitrogens with zero attached hydrogens (tertiary/aromatic N) is 3. The summed E-state index contributed by atoms with van der Waals surface area (Å²) < 4.78 is 11.4. The van der Waals surface area contributed by atoms with Gasteiger partial charge in [-0.3, -0.25) is 24.3 Å². The van der Waals surface area contributed by atoms with Crippen molar-refractivity contribution >= 4 is 34.2 Å². The molecule has 1 aliphatic rings. The van der Waals surface area contributed by atoms with Crippen LogP contribution in [0.5, 0.6) is 11.5 Å². The molecule has 1 aromatic carbocycles. The fourth-order valence-electron chi connectivity index (χ4n) is 3.93. The number of hydrogen-bond acceptors (Lipinski definition) is 8. The van der Waals surface area contributed by atoms with E-state index in [9.17, 15) is 14.4 Å². The Morgan fingerprint density at radius 3 is 2.44 bits per heavy atom. The van der Waals surface area contributed by atoms with Crippen molar-refractivity contribution in [3.63, 3.8) is 0 Å². The van der Waals surface area contributed by atoms with Crippen LogP contribution in [0.4, 0.5) is 5.13 Å². The summed E-state index contributed by atoms with van der Waals surface area (Å²) in [4.78, 5) is 47.8. The molecule has 1 N–H and O–H groups in total. The summed E-state index contributed by atoms with van der Waals surface area (Å²) in [5.74, 6) is 0.597. The number of aromatic nitrogens is 2. The summed E-state index contributed by atoms with van der Waals surface area (Å²) in [5, 5.41) is 3.30. The second kappa shape index (κ2) is 11.3. The van der Waals surface area contributed by atoms with E-state index in [0.29, 0.717) is 28.7 Å². The normalized spacial score (nSPS) is 14.1. The number of aryl methyl sites for hydroxylation is 1. The molecule has 1 fully saturated rings. The maximum Gasteiger partial charge on any atom is 0.232 e. The number of anilines is 1. The summed E-state index contributed by atoms with van der Waals surface area (Å²) in [7, 11) is 1.63. The van der Waals surface area contributed by atoms with Crippen molar-refractivity contribution < 1.29 is 23.9 Å². The Kier molecular flexibility index (Phi) is 7.94. The van der Waals surface area contributed by atoms with E-state index in [2.05, 4.69) is 15.3 Å². The maximum absolute atomic E-state index is 12.6. The van der Waals surface area contributed by atoms with E-state index in [1.54, 1.807) is 25.4 Å². The number of pyridine rings is 1. The summed E-state index contributed by atoms with van der Waals surface area (Å²) in [6, 6.07) is 11.2. The zero-order valence-corrected chi connectivity index (χ0v) is 21.3. The number of thiazole rings is 1. The first-order valence-corrected chi connectivity index (χ1v) is 12.5. The second-order valence-corrected chi connectivity index (χ2v) is 9.88. The number of amides is 3. The van der Waals surface area contributed by atoms with Crippen LogP contribution in [0.25, 0.3) is 0 Å². The number of likely N-dealkylation sites (tertiary alicyclic amines) is 1. The highest BCUT2D eigenvalue weighted by atomic mass is 32.1. The smallest absolute Gasteiger partial charge is 0.232 e. The van der Waals surface area contributed by atoms with E-state index in [4.69, 9.17) is 9.47 Å². The van der Waals surface area contributed by atoms with Crippen molar-refractivity contribution in [1.82, 2.24) is 14.9 Å². The minimum Gasteiger partial charge on any atom is -0.497 e. The minimum atomic E-state index is -0.264. The highest BCUT2D eigenvalue weighted by Gasteiger charge is 2.29. The molecule has 1 saturated heterocycles. The lowest BCUT2D eigenvalue weighted by atomic mass is 10.1. The van der Waals surface area contributed by atoms with Crippen LogP contribution < -0.4 is 14.8 Å². The number of nitrogens with one attached hydrogen (secondary N) is 1. The van der Waals surface area contributed by atoms with Gasteiger partial charge in [0.25, 0.3) is 0 Å². The van der Waals surface area contributed by atoms with Crippen LogP contribution in [0.2, 0.25) is 0 Å². The molecular weight excluding hydrogens is 480 g/mol. The van der Waals surface area contributed by atoms with Gasteiger partial charge in [-0.05, 0) is 31.5 Å². The SMILES string of the molecule is COc1ccc(C[C@H](C)Oc2cc(CC(=O)Nc3ncc(C)s3)nc(CN3C(=O)CCC3=O)c2)cc1. The van der Waals surface area contributed by atoms with E-state index in [-0.39, 0.29) is 49.6 Å². The molecule has 10 heteroatoms. The summed E-state index contributed by atoms with van der Waals surface area (Å²) in [6.07, 6.45) is 2.58. The summed E-state index contributed by atoms with van der Waals surface area (Å²) in [6.45, 7) is 3.91. The first-order chi connectivity index (χ1) is 17.3. The number of hydrogen-bond donors (Lipinski definition) is 1. The Hall–Kier alpha value is -3.79. The lowest BCUT2D eigenvalue weighted by Crippen LogP contribution is -2.29. The Labute approximate surface area is 213 Å². The van der Waals surface area contributed by atoms with Gasteiger partial charge in [0, 0.05) is 42.5 Å². The van der Waals surface area contributed by atoms with Crippen LogP contribution >= 0.6 is 11.3 Å². The molecule has 0 radical (unpaired) electrons. The fraction of sp³-hybridized carbons (Fsp3) is 0.346. The van der Waals surface area contributed by atoms with Gasteiger partial charge in [0.05, 0.1) is 37.6 Å². The van der Waals surface area contributed by atoms with Gasteiger partial charge < -0.3 is 14.8 Å². The molecule has 0 bridgehead atoms. The van der Waals surface area contributed by atoms with E-state index in [0.717, 1.165) is 16.2 Å². The van der Waals surface area contributed by atoms with Crippen molar-refractivity contribution in [2.75, 3.05) is 12.4 Å². The molecule has 4 rings (SSSR count). The first kappa shape index (κ1) is 25.3. The van der Waals surface area contributed by atoms with Gasteiger partial charge in [0.1, 0.15) is 11.5 Å². The average molecular weight is 509 g/mol. The van der Waals surface area contributed by atoms with E-state index < -0.39 is 0 Å². The lowest BCUT2D eigenvalue weighted by molar-refractivity contribution is -0.139. The predicted molar refractivity (Wildman–Crippen MR) is 135 cm³/mol. The van der Waals surface area contributed by atoms with Crippen LogP contribution in [0.3, 0.4) is 0 Å². The lowest BCUT2D eigenvalue weighted by Gasteiger charge is -2.18. The van der Waals surface area contributed by atoms with Crippen molar-refractivity contribution in [3.8, 4) is 11.5 Å². The molecular formula is C26H28N4O5S. The number of carbonyl (C=O) groups is 3. The third-order valence-electron chi connectivity index (χ3n) is 5.61. The summed E-state index contributed by atoms with van der Waals surface area (Å²) in [5.41, 5.74) is 2.05. The van der Waals surface area contributed by atoms with Crippen LogP contribution in [0, 0.1) is 6.92 Å². The number of rotatable bonds is 10. The van der Waals surface area contributed by atoms with Crippen molar-refractivity contribution in [3.05, 3.63) is 64.4 Å². The van der Waals surface area contributed by atoms with E-state index in [1.165, 1.54) is 16.2 Å². The van der Waals surface area contributed by atoms with Crippen molar-refractivity contribution in [1.29, 1.82) is 0 Å². The minimum absolute atomic E-state index is 0.00240. The molecule has 188 valence electrons. The van der Waals surface area contributed by atoms with Gasteiger partial charge in [-0.1, -0.05) is 12.1 Å². The quantitative estimate of drug-likeness (QED) is 0.416. The number of benzene rings is 1. The molecule has 0 unspecified atom stereocenters. The van der Waals surface area contributed by atoms with Gasteiger partial charge in [-0.25, -0.2) is 4.98 Å². The zero-order valence-electron chi connectivity index (χ0n) is 20.4. The van der Waals surface area contributed by atoms with Gasteiger partial charge in [-0.2, -0.15) is 0 Å². The molecule has 0 aliphatic carbocycles. The molecule has 3 heterocycles. The third-order valence-corrected chi connectivity index (χ3v) is 6.44. The Balaban J connectivity index is 1.50. The van der Waals surface area contributed by atoms with Gasteiger partial charge >= 0.3 is 0 Å². The molecule has 0 saturated carbocycles. The number of ether oxygens (including phenoxy) is 2. The maximum atomic E-state index is 12.6. The number of methoxy groups -OCH3 is 1. The van der Waals surface area contributed by atoms with Crippen LogP contribution in [0.1, 0.15) is 41.6 Å². The Morgan fingerprint density at radius 2 is 1.81 bits per heavy atom. The van der Waals surface area contributed by atoms with Gasteiger partial charge in [-0.15, -0.1) is 11.3 Å². The highest BCUT2D eigenvalue weighted by molar-refractivity contribution is 7.15. The monoisotopic (exact) mass is 508 g/mol. The van der Waals surface area contributed by atoms with Crippen molar-refractivity contribution in [2.24, 2.45) is 0 Å². The Morgan fingerprint density at radius 1 is 1.11 bits per heavy atom. The largest absolute Gasteiger partial charge is 0.497 e. The predicted octanol–water partition coefficient (Wildman–Crippen LogP) is 3.70. The molecule has 3 aromatic rings. The second-order valence-electron chi connectivity index (χ2n) is 8.64. The van der Waals surface area contributed by atoms with Gasteiger partial charge in [0.2, 0.25) is 17.7 Å². The molecule has 1 aliphatic heterocycles. The fourth-order valence-corrected chi connectivity index (χ4v) is 4.61. The topological polar surface area (TPSA) is 111 Å². The highest BCUT2D eigenvalue weighted by Crippen LogP contribution is 2.23. The first-order valence-electron chi connectivity index (χ1n) is 11.6. The number of carbonyl (C=O) groups excluding carboxylic acids is 3. The Bertz CT molecular complexity index is 1240. The van der Waals surface area contributed by atoms with Crippen molar-refractivity contribution in [2.45, 2.75) is 52.2 Å². The van der Waals surface area contributed by atoms with Crippen LogP contribution in [-0.2, 0) is 33.8 Å². The van der Waals surface area contributed by atoms with Crippen LogP contribution in [0.15, 0.2) is 42.6 Å². The average Bonchev–Trinajstić information content (AvgIpc) is 3.38. The molecule has 3 amide bonds. The molecule has 2 aromatic heterocycles. The third kappa shape index (κ3) is 6.66. The van der Waals surface area contributed by atoms with E-state index >= 15 is 0 Å². The van der Waals surface area contributed by atoms with E-state index in [1.807, 2.05) is 38.1 Å². The molecule has 1 atom stereocenters.